The number of hydrogen-bond donors (Lipinski definition) is 1. The molecular weight excluding hydrogens is 472 g/mol. The van der Waals surface area contributed by atoms with Crippen molar-refractivity contribution in [2.24, 2.45) is 0 Å². The number of nitrogens with zero attached hydrogens (tertiary/aromatic N) is 1. The number of benzene rings is 2. The van der Waals surface area contributed by atoms with Gasteiger partial charge in [-0.1, -0.05) is 12.1 Å². The van der Waals surface area contributed by atoms with Crippen molar-refractivity contribution in [1.82, 2.24) is 10.2 Å². The van der Waals surface area contributed by atoms with Gasteiger partial charge >= 0.3 is 12.1 Å². The number of rotatable bonds is 7. The van der Waals surface area contributed by atoms with Crippen molar-refractivity contribution < 1.29 is 28.5 Å². The maximum atomic E-state index is 12.8. The average molecular weight is 511 g/mol. The fourth-order valence-electron chi connectivity index (χ4n) is 4.53. The Bertz CT molecular complexity index is 1090. The van der Waals surface area contributed by atoms with Gasteiger partial charge in [0.05, 0.1) is 18.7 Å². The highest BCUT2D eigenvalue weighted by molar-refractivity contribution is 5.92. The van der Waals surface area contributed by atoms with E-state index in [1.807, 2.05) is 51.1 Å². The van der Waals surface area contributed by atoms with Crippen LogP contribution in [0.5, 0.6) is 11.5 Å². The summed E-state index contributed by atoms with van der Waals surface area (Å²) < 4.78 is 23.0. The van der Waals surface area contributed by atoms with Crippen LogP contribution in [0.15, 0.2) is 36.4 Å². The lowest BCUT2D eigenvalue weighted by molar-refractivity contribution is 0.0220. The van der Waals surface area contributed by atoms with Gasteiger partial charge in [-0.25, -0.2) is 9.59 Å². The van der Waals surface area contributed by atoms with Crippen LogP contribution in [0.3, 0.4) is 0 Å². The Hall–Kier alpha value is -3.26. The molecule has 0 radical (unpaired) electrons. The van der Waals surface area contributed by atoms with Gasteiger partial charge in [0.1, 0.15) is 29.8 Å². The molecule has 37 heavy (non-hydrogen) atoms. The Kier molecular flexibility index (Phi) is 8.59. The number of ether oxygens (including phenoxy) is 4. The number of piperidine rings is 1. The summed E-state index contributed by atoms with van der Waals surface area (Å²) in [6, 6.07) is 11.6. The van der Waals surface area contributed by atoms with Gasteiger partial charge in [-0.3, -0.25) is 0 Å². The molecule has 1 amide bonds. The summed E-state index contributed by atoms with van der Waals surface area (Å²) in [4.78, 5) is 27.1. The van der Waals surface area contributed by atoms with Gasteiger partial charge in [-0.05, 0) is 101 Å². The SMILES string of the molecule is CCOC(=O)c1cc(OCc2ccc(OC3CCNCC3)cc2)cc2c1CN(C(=O)OC(C)(C)C)CC2. The molecule has 200 valence electrons. The van der Waals surface area contributed by atoms with Crippen LogP contribution in [0.2, 0.25) is 0 Å². The summed E-state index contributed by atoms with van der Waals surface area (Å²) >= 11 is 0. The maximum Gasteiger partial charge on any atom is 0.410 e. The van der Waals surface area contributed by atoms with E-state index in [0.29, 0.717) is 30.9 Å². The molecule has 0 atom stereocenters. The molecule has 1 saturated heterocycles. The molecule has 0 bridgehead atoms. The second-order valence-corrected chi connectivity index (χ2v) is 10.5. The van der Waals surface area contributed by atoms with Crippen LogP contribution >= 0.6 is 0 Å². The van der Waals surface area contributed by atoms with Crippen LogP contribution < -0.4 is 14.8 Å². The van der Waals surface area contributed by atoms with E-state index in [4.69, 9.17) is 18.9 Å². The lowest BCUT2D eigenvalue weighted by atomic mass is 9.94. The number of carbonyl (C=O) groups is 2. The van der Waals surface area contributed by atoms with Crippen molar-refractivity contribution in [3.05, 3.63) is 58.7 Å². The maximum absolute atomic E-state index is 12.8. The van der Waals surface area contributed by atoms with Crippen molar-refractivity contribution >= 4 is 12.1 Å². The summed E-state index contributed by atoms with van der Waals surface area (Å²) in [5.41, 5.74) is 2.60. The first kappa shape index (κ1) is 26.8. The van der Waals surface area contributed by atoms with E-state index in [1.54, 1.807) is 17.9 Å². The Balaban J connectivity index is 1.45. The third-order valence-electron chi connectivity index (χ3n) is 6.38. The van der Waals surface area contributed by atoms with Gasteiger partial charge in [0.15, 0.2) is 0 Å². The van der Waals surface area contributed by atoms with Gasteiger partial charge in [-0.2, -0.15) is 0 Å². The zero-order valence-electron chi connectivity index (χ0n) is 22.3. The number of amides is 1. The molecule has 2 aromatic rings. The van der Waals surface area contributed by atoms with Crippen molar-refractivity contribution in [2.75, 3.05) is 26.2 Å². The van der Waals surface area contributed by atoms with E-state index < -0.39 is 11.6 Å². The molecule has 4 rings (SSSR count). The first-order valence-corrected chi connectivity index (χ1v) is 13.1. The number of carbonyl (C=O) groups excluding carboxylic acids is 2. The van der Waals surface area contributed by atoms with Crippen molar-refractivity contribution in [2.45, 2.75) is 71.8 Å². The largest absolute Gasteiger partial charge is 0.490 e. The summed E-state index contributed by atoms with van der Waals surface area (Å²) in [5.74, 6) is 1.04. The summed E-state index contributed by atoms with van der Waals surface area (Å²) in [6.45, 7) is 10.7. The topological polar surface area (TPSA) is 86.3 Å². The van der Waals surface area contributed by atoms with Gasteiger partial charge in [0.2, 0.25) is 0 Å². The number of esters is 1. The number of fused-ring (bicyclic) bond motifs is 1. The molecule has 0 aromatic heterocycles. The Labute approximate surface area is 219 Å². The number of hydrogen-bond acceptors (Lipinski definition) is 7. The minimum absolute atomic E-state index is 0.256. The third kappa shape index (κ3) is 7.38. The zero-order chi connectivity index (χ0) is 26.4. The van der Waals surface area contributed by atoms with E-state index in [9.17, 15) is 9.59 Å². The van der Waals surface area contributed by atoms with Crippen molar-refractivity contribution in [1.29, 1.82) is 0 Å². The second-order valence-electron chi connectivity index (χ2n) is 10.5. The van der Waals surface area contributed by atoms with Crippen LogP contribution in [-0.2, 0) is 29.0 Å². The minimum atomic E-state index is -0.587. The van der Waals surface area contributed by atoms with Crippen LogP contribution in [0.1, 0.15) is 67.6 Å². The lowest BCUT2D eigenvalue weighted by Gasteiger charge is -2.32. The predicted octanol–water partition coefficient (Wildman–Crippen LogP) is 4.87. The fraction of sp³-hybridized carbons (Fsp3) is 0.517. The molecule has 0 unspecified atom stereocenters. The molecule has 0 spiro atoms. The first-order valence-electron chi connectivity index (χ1n) is 13.1. The van der Waals surface area contributed by atoms with E-state index in [-0.39, 0.29) is 25.3 Å². The molecule has 2 aliphatic heterocycles. The lowest BCUT2D eigenvalue weighted by Crippen LogP contribution is -2.40. The average Bonchev–Trinajstić information content (AvgIpc) is 2.87. The standard InChI is InChI=1S/C29H38N2O6/c1-5-34-27(32)25-17-24(16-21-12-15-31(18-26(21)25)28(33)37-29(2,3)4)35-19-20-6-8-22(9-7-20)36-23-10-13-30-14-11-23/h6-9,16-17,23,30H,5,10-15,18-19H2,1-4H3. The van der Waals surface area contributed by atoms with Gasteiger partial charge < -0.3 is 29.2 Å². The van der Waals surface area contributed by atoms with E-state index in [1.165, 1.54) is 0 Å². The van der Waals surface area contributed by atoms with Crippen LogP contribution in [0.4, 0.5) is 4.79 Å². The first-order chi connectivity index (χ1) is 17.7. The summed E-state index contributed by atoms with van der Waals surface area (Å²) in [6.07, 6.45) is 2.50. The Morgan fingerprint density at radius 3 is 2.46 bits per heavy atom. The van der Waals surface area contributed by atoms with E-state index in [2.05, 4.69) is 5.32 Å². The van der Waals surface area contributed by atoms with Crippen molar-refractivity contribution in [3.63, 3.8) is 0 Å². The third-order valence-corrected chi connectivity index (χ3v) is 6.38. The molecule has 1 fully saturated rings. The van der Waals surface area contributed by atoms with E-state index in [0.717, 1.165) is 48.4 Å². The van der Waals surface area contributed by atoms with Gasteiger partial charge in [-0.15, -0.1) is 0 Å². The van der Waals surface area contributed by atoms with Crippen LogP contribution in [0.25, 0.3) is 0 Å². The Morgan fingerprint density at radius 1 is 1.05 bits per heavy atom. The molecular formula is C29H38N2O6. The molecule has 0 saturated carbocycles. The quantitative estimate of drug-likeness (QED) is 0.532. The van der Waals surface area contributed by atoms with Crippen LogP contribution in [0, 0.1) is 0 Å². The molecule has 2 aromatic carbocycles. The zero-order valence-corrected chi connectivity index (χ0v) is 22.3. The molecule has 0 aliphatic carbocycles. The predicted molar refractivity (Wildman–Crippen MR) is 140 cm³/mol. The second kappa shape index (κ2) is 11.9. The minimum Gasteiger partial charge on any atom is -0.490 e. The summed E-state index contributed by atoms with van der Waals surface area (Å²) in [5, 5.41) is 3.35. The molecule has 1 N–H and O–H groups in total. The highest BCUT2D eigenvalue weighted by Crippen LogP contribution is 2.30. The van der Waals surface area contributed by atoms with Gasteiger partial charge in [0.25, 0.3) is 0 Å². The monoisotopic (exact) mass is 510 g/mol. The highest BCUT2D eigenvalue weighted by Gasteiger charge is 2.29. The molecule has 8 nitrogen and oxygen atoms in total. The van der Waals surface area contributed by atoms with Crippen LogP contribution in [-0.4, -0.2) is 54.9 Å². The van der Waals surface area contributed by atoms with Gasteiger partial charge in [0, 0.05) is 6.54 Å². The fourth-order valence-corrected chi connectivity index (χ4v) is 4.53. The normalized spacial score (nSPS) is 16.1. The molecule has 2 heterocycles. The van der Waals surface area contributed by atoms with Crippen molar-refractivity contribution in [3.8, 4) is 11.5 Å². The molecule has 2 aliphatic rings. The summed E-state index contributed by atoms with van der Waals surface area (Å²) in [7, 11) is 0. The van der Waals surface area contributed by atoms with E-state index >= 15 is 0 Å². The number of nitrogens with one attached hydrogen (secondary N) is 1. The molecule has 8 heteroatoms. The highest BCUT2D eigenvalue weighted by atomic mass is 16.6. The smallest absolute Gasteiger partial charge is 0.410 e. The Morgan fingerprint density at radius 2 is 1.78 bits per heavy atom.